The van der Waals surface area contributed by atoms with Crippen LogP contribution >= 0.6 is 0 Å². The summed E-state index contributed by atoms with van der Waals surface area (Å²) in [5, 5.41) is 12.2. The van der Waals surface area contributed by atoms with Crippen molar-refractivity contribution in [2.45, 2.75) is 31.9 Å². The molecule has 0 spiro atoms. The van der Waals surface area contributed by atoms with Crippen LogP contribution < -0.4 is 4.74 Å². The fourth-order valence-corrected chi connectivity index (χ4v) is 3.88. The van der Waals surface area contributed by atoms with Gasteiger partial charge in [-0.25, -0.2) is 4.98 Å². The van der Waals surface area contributed by atoms with E-state index in [0.717, 1.165) is 60.4 Å². The second kappa shape index (κ2) is 7.29. The van der Waals surface area contributed by atoms with Crippen LogP contribution in [0, 0.1) is 6.92 Å². The number of hydrogen-bond acceptors (Lipinski definition) is 4. The highest BCUT2D eigenvalue weighted by molar-refractivity contribution is 5.84. The lowest BCUT2D eigenvalue weighted by Gasteiger charge is -2.38. The van der Waals surface area contributed by atoms with E-state index in [2.05, 4.69) is 54.3 Å². The second-order valence-electron chi connectivity index (χ2n) is 7.51. The zero-order chi connectivity index (χ0) is 18.9. The summed E-state index contributed by atoms with van der Waals surface area (Å²) < 4.78 is 5.45. The van der Waals surface area contributed by atoms with Gasteiger partial charge < -0.3 is 9.84 Å². The maximum Gasteiger partial charge on any atom is 0.145 e. The van der Waals surface area contributed by atoms with Crippen LogP contribution in [0.4, 0.5) is 0 Å². The average Bonchev–Trinajstić information content (AvgIpc) is 2.70. The first-order valence-electron chi connectivity index (χ1n) is 9.52. The number of aryl methyl sites for hydroxylation is 1. The summed E-state index contributed by atoms with van der Waals surface area (Å²) in [6.45, 7) is 4.58. The number of methoxy groups -OCH3 is 1. The molecule has 4 heteroatoms. The van der Waals surface area contributed by atoms with Crippen molar-refractivity contribution in [2.75, 3.05) is 20.2 Å². The summed E-state index contributed by atoms with van der Waals surface area (Å²) in [5.41, 5.74) is 3.47. The SMILES string of the molecule is COc1cccc2ccc(CN3CCC(O)(c4ccc(C)cc4)CC3)nc12. The summed E-state index contributed by atoms with van der Waals surface area (Å²) in [6, 6.07) is 18.4. The number of fused-ring (bicyclic) bond motifs is 1. The molecule has 0 atom stereocenters. The maximum absolute atomic E-state index is 11.1. The van der Waals surface area contributed by atoms with Crippen molar-refractivity contribution in [3.8, 4) is 5.75 Å². The molecule has 27 heavy (non-hydrogen) atoms. The summed E-state index contributed by atoms with van der Waals surface area (Å²) in [6.07, 6.45) is 1.49. The smallest absolute Gasteiger partial charge is 0.145 e. The van der Waals surface area contributed by atoms with Crippen molar-refractivity contribution in [3.05, 3.63) is 71.4 Å². The Hall–Kier alpha value is -2.43. The monoisotopic (exact) mass is 362 g/mol. The minimum Gasteiger partial charge on any atom is -0.494 e. The Bertz CT molecular complexity index is 929. The van der Waals surface area contributed by atoms with Gasteiger partial charge in [-0.05, 0) is 37.5 Å². The van der Waals surface area contributed by atoms with E-state index in [9.17, 15) is 5.11 Å². The Morgan fingerprint density at radius 1 is 1.04 bits per heavy atom. The first-order valence-corrected chi connectivity index (χ1v) is 9.52. The van der Waals surface area contributed by atoms with Crippen LogP contribution in [-0.2, 0) is 12.1 Å². The third-order valence-electron chi connectivity index (χ3n) is 5.62. The fraction of sp³-hybridized carbons (Fsp3) is 0.348. The molecule has 3 aromatic rings. The number of rotatable bonds is 4. The molecule has 1 fully saturated rings. The van der Waals surface area contributed by atoms with Crippen LogP contribution in [-0.4, -0.2) is 35.2 Å². The summed E-state index contributed by atoms with van der Waals surface area (Å²) in [7, 11) is 1.68. The average molecular weight is 362 g/mol. The zero-order valence-corrected chi connectivity index (χ0v) is 16.0. The number of pyridine rings is 1. The number of benzene rings is 2. The molecule has 0 aliphatic carbocycles. The predicted octanol–water partition coefficient (Wildman–Crippen LogP) is 4.04. The molecule has 140 valence electrons. The van der Waals surface area contributed by atoms with E-state index >= 15 is 0 Å². The highest BCUT2D eigenvalue weighted by Crippen LogP contribution is 2.33. The van der Waals surface area contributed by atoms with Gasteiger partial charge in [-0.2, -0.15) is 0 Å². The Labute approximate surface area is 160 Å². The molecule has 1 saturated heterocycles. The number of aliphatic hydroxyl groups is 1. The highest BCUT2D eigenvalue weighted by Gasteiger charge is 2.33. The van der Waals surface area contributed by atoms with Crippen LogP contribution in [0.3, 0.4) is 0 Å². The van der Waals surface area contributed by atoms with Gasteiger partial charge >= 0.3 is 0 Å². The van der Waals surface area contributed by atoms with Gasteiger partial charge in [0.05, 0.1) is 18.4 Å². The number of hydrogen-bond donors (Lipinski definition) is 1. The van der Waals surface area contributed by atoms with Crippen molar-refractivity contribution in [1.82, 2.24) is 9.88 Å². The molecule has 0 bridgehead atoms. The molecule has 0 unspecified atom stereocenters. The summed E-state index contributed by atoms with van der Waals surface area (Å²) >= 11 is 0. The van der Waals surface area contributed by atoms with Gasteiger partial charge in [0.15, 0.2) is 0 Å². The topological polar surface area (TPSA) is 45.6 Å². The van der Waals surface area contributed by atoms with Crippen LogP contribution in [0.2, 0.25) is 0 Å². The molecule has 4 nitrogen and oxygen atoms in total. The maximum atomic E-state index is 11.1. The van der Waals surface area contributed by atoms with Crippen molar-refractivity contribution in [2.24, 2.45) is 0 Å². The third-order valence-corrected chi connectivity index (χ3v) is 5.62. The molecule has 2 aromatic carbocycles. The Kier molecular flexibility index (Phi) is 4.85. The van der Waals surface area contributed by atoms with E-state index in [0.29, 0.717) is 0 Å². The number of likely N-dealkylation sites (tertiary alicyclic amines) is 1. The van der Waals surface area contributed by atoms with Crippen molar-refractivity contribution >= 4 is 10.9 Å². The van der Waals surface area contributed by atoms with E-state index < -0.39 is 5.60 Å². The Morgan fingerprint density at radius 3 is 2.48 bits per heavy atom. The minimum atomic E-state index is -0.718. The molecule has 1 aliphatic rings. The van der Waals surface area contributed by atoms with Gasteiger partial charge in [-0.3, -0.25) is 4.90 Å². The van der Waals surface area contributed by atoms with Crippen molar-refractivity contribution in [1.29, 1.82) is 0 Å². The lowest BCUT2D eigenvalue weighted by Crippen LogP contribution is -2.42. The molecule has 0 saturated carbocycles. The van der Waals surface area contributed by atoms with Gasteiger partial charge in [0.25, 0.3) is 0 Å². The first kappa shape index (κ1) is 18.0. The lowest BCUT2D eigenvalue weighted by atomic mass is 9.84. The predicted molar refractivity (Wildman–Crippen MR) is 108 cm³/mol. The molecule has 1 N–H and O–H groups in total. The third kappa shape index (κ3) is 3.68. The molecule has 0 amide bonds. The van der Waals surface area contributed by atoms with Gasteiger partial charge in [0.2, 0.25) is 0 Å². The van der Waals surface area contributed by atoms with Crippen molar-refractivity contribution in [3.63, 3.8) is 0 Å². The number of aromatic nitrogens is 1. The number of para-hydroxylation sites is 1. The molecular formula is C23H26N2O2. The molecule has 1 aliphatic heterocycles. The molecule has 0 radical (unpaired) electrons. The van der Waals surface area contributed by atoms with Gasteiger partial charge in [-0.1, -0.05) is 48.0 Å². The fourth-order valence-electron chi connectivity index (χ4n) is 3.88. The van der Waals surface area contributed by atoms with Crippen LogP contribution in [0.25, 0.3) is 10.9 Å². The summed E-state index contributed by atoms with van der Waals surface area (Å²) in [4.78, 5) is 7.18. The molecule has 4 rings (SSSR count). The minimum absolute atomic E-state index is 0.718. The van der Waals surface area contributed by atoms with Crippen LogP contribution in [0.5, 0.6) is 5.75 Å². The van der Waals surface area contributed by atoms with Crippen molar-refractivity contribution < 1.29 is 9.84 Å². The quantitative estimate of drug-likeness (QED) is 0.761. The Morgan fingerprint density at radius 2 is 1.78 bits per heavy atom. The van der Waals surface area contributed by atoms with E-state index in [1.165, 1.54) is 5.56 Å². The van der Waals surface area contributed by atoms with Crippen LogP contribution in [0.15, 0.2) is 54.6 Å². The van der Waals surface area contributed by atoms with E-state index in [1.807, 2.05) is 12.1 Å². The normalized spacial score (nSPS) is 17.1. The molecular weight excluding hydrogens is 336 g/mol. The van der Waals surface area contributed by atoms with Gasteiger partial charge in [0, 0.05) is 25.0 Å². The second-order valence-corrected chi connectivity index (χ2v) is 7.51. The number of ether oxygens (including phenoxy) is 1. The molecule has 1 aromatic heterocycles. The number of nitrogens with zero attached hydrogens (tertiary/aromatic N) is 2. The van der Waals surface area contributed by atoms with Gasteiger partial charge in [0.1, 0.15) is 11.3 Å². The standard InChI is InChI=1S/C23H26N2O2/c1-17-6-9-19(10-7-17)23(26)12-14-25(15-13-23)16-20-11-8-18-4-3-5-21(27-2)22(18)24-20/h3-11,26H,12-16H2,1-2H3. The van der Waals surface area contributed by atoms with E-state index in [1.54, 1.807) is 7.11 Å². The first-order chi connectivity index (χ1) is 13.1. The summed E-state index contributed by atoms with van der Waals surface area (Å²) in [5.74, 6) is 0.807. The van der Waals surface area contributed by atoms with Crippen LogP contribution in [0.1, 0.15) is 29.7 Å². The van der Waals surface area contributed by atoms with Gasteiger partial charge in [-0.15, -0.1) is 0 Å². The largest absolute Gasteiger partial charge is 0.494 e. The zero-order valence-electron chi connectivity index (χ0n) is 16.0. The van der Waals surface area contributed by atoms with E-state index in [4.69, 9.17) is 9.72 Å². The van der Waals surface area contributed by atoms with E-state index in [-0.39, 0.29) is 0 Å². The lowest BCUT2D eigenvalue weighted by molar-refractivity contribution is -0.0279. The molecule has 2 heterocycles. The highest BCUT2D eigenvalue weighted by atomic mass is 16.5. The Balaban J connectivity index is 1.46. The number of piperidine rings is 1.